The van der Waals surface area contributed by atoms with Crippen LogP contribution in [-0.4, -0.2) is 39.0 Å². The molecule has 3 aromatic rings. The number of aryl methyl sites for hydroxylation is 1. The Morgan fingerprint density at radius 3 is 2.22 bits per heavy atom. The van der Waals surface area contributed by atoms with Crippen molar-refractivity contribution in [2.45, 2.75) is 45.5 Å². The van der Waals surface area contributed by atoms with Gasteiger partial charge in [0.1, 0.15) is 0 Å². The maximum atomic E-state index is 14.0. The normalized spacial score (nSPS) is 13.6. The maximum absolute atomic E-state index is 14.0. The van der Waals surface area contributed by atoms with E-state index >= 15 is 0 Å². The quantitative estimate of drug-likeness (QED) is 0.417. The molecule has 0 bridgehead atoms. The summed E-state index contributed by atoms with van der Waals surface area (Å²) >= 11 is 0. The van der Waals surface area contributed by atoms with Crippen molar-refractivity contribution in [3.8, 4) is 11.3 Å². The minimum Gasteiger partial charge on any atom is -0.465 e. The van der Waals surface area contributed by atoms with Crippen LogP contribution in [0.2, 0.25) is 0 Å². The molecule has 0 saturated carbocycles. The molecule has 0 saturated heterocycles. The number of carboxylic acid groups (broad SMARTS) is 1. The second-order valence-electron chi connectivity index (χ2n) is 9.66. The van der Waals surface area contributed by atoms with E-state index in [-0.39, 0.29) is 23.2 Å². The number of halogens is 3. The molecule has 10 heteroatoms. The van der Waals surface area contributed by atoms with Gasteiger partial charge < -0.3 is 15.7 Å². The van der Waals surface area contributed by atoms with E-state index in [1.807, 2.05) is 51.1 Å². The average molecular weight is 503 g/mol. The minimum absolute atomic E-state index is 0.0972. The largest absolute Gasteiger partial charge is 0.465 e. The molecule has 0 aliphatic rings. The van der Waals surface area contributed by atoms with Crippen LogP contribution in [0.5, 0.6) is 0 Å². The standard InChI is InChI=1S/C26H29F3N4O3/c1-25(2,3)22(32-24(35)36)20(14-16-8-6-5-7-9-16)31-23(34)17-10-11-18(19(15-17)26(27,28)29)21-12-13-30-33(21)4/h5-13,15,20,22,32H,14H2,1-4H3,(H,31,34)(H,35,36). The molecule has 2 atom stereocenters. The lowest BCUT2D eigenvalue weighted by molar-refractivity contribution is -0.137. The molecule has 0 fully saturated rings. The zero-order valence-electron chi connectivity index (χ0n) is 20.4. The summed E-state index contributed by atoms with van der Waals surface area (Å²) in [7, 11) is 1.53. The van der Waals surface area contributed by atoms with E-state index < -0.39 is 41.2 Å². The third-order valence-corrected chi connectivity index (χ3v) is 5.91. The van der Waals surface area contributed by atoms with Gasteiger partial charge >= 0.3 is 12.3 Å². The molecule has 192 valence electrons. The first kappa shape index (κ1) is 26.8. The third kappa shape index (κ3) is 6.44. The van der Waals surface area contributed by atoms with Gasteiger partial charge in [0.15, 0.2) is 0 Å². The van der Waals surface area contributed by atoms with E-state index in [0.29, 0.717) is 0 Å². The van der Waals surface area contributed by atoms with Gasteiger partial charge in [0.05, 0.1) is 23.3 Å². The summed E-state index contributed by atoms with van der Waals surface area (Å²) in [5.74, 6) is -0.737. The highest BCUT2D eigenvalue weighted by molar-refractivity contribution is 5.95. The Morgan fingerprint density at radius 1 is 1.03 bits per heavy atom. The Bertz CT molecular complexity index is 1220. The molecular weight excluding hydrogens is 473 g/mol. The number of hydrogen-bond donors (Lipinski definition) is 3. The van der Waals surface area contributed by atoms with Crippen molar-refractivity contribution in [1.82, 2.24) is 20.4 Å². The maximum Gasteiger partial charge on any atom is 0.417 e. The number of nitrogens with one attached hydrogen (secondary N) is 2. The van der Waals surface area contributed by atoms with Crippen molar-refractivity contribution in [3.63, 3.8) is 0 Å². The predicted molar refractivity (Wildman–Crippen MR) is 129 cm³/mol. The van der Waals surface area contributed by atoms with Crippen LogP contribution in [0.1, 0.15) is 42.3 Å². The van der Waals surface area contributed by atoms with Crippen molar-refractivity contribution in [2.75, 3.05) is 0 Å². The van der Waals surface area contributed by atoms with Crippen LogP contribution >= 0.6 is 0 Å². The monoisotopic (exact) mass is 502 g/mol. The van der Waals surface area contributed by atoms with Gasteiger partial charge in [-0.3, -0.25) is 9.48 Å². The zero-order chi connectivity index (χ0) is 26.7. The van der Waals surface area contributed by atoms with Crippen LogP contribution in [0, 0.1) is 5.41 Å². The summed E-state index contributed by atoms with van der Waals surface area (Å²) in [6.07, 6.45) is -4.31. The van der Waals surface area contributed by atoms with Crippen molar-refractivity contribution >= 4 is 12.0 Å². The summed E-state index contributed by atoms with van der Waals surface area (Å²) in [6, 6.07) is 12.5. The average Bonchev–Trinajstić information content (AvgIpc) is 3.21. The van der Waals surface area contributed by atoms with Crippen molar-refractivity contribution < 1.29 is 27.9 Å². The molecule has 0 spiro atoms. The van der Waals surface area contributed by atoms with Crippen LogP contribution < -0.4 is 10.6 Å². The minimum atomic E-state index is -4.71. The summed E-state index contributed by atoms with van der Waals surface area (Å²) in [4.78, 5) is 24.8. The summed E-state index contributed by atoms with van der Waals surface area (Å²) in [6.45, 7) is 5.46. The van der Waals surface area contributed by atoms with E-state index in [9.17, 15) is 27.9 Å². The Kier molecular flexibility index (Phi) is 7.76. The molecule has 3 N–H and O–H groups in total. The van der Waals surface area contributed by atoms with Crippen LogP contribution in [0.15, 0.2) is 60.8 Å². The Labute approximate surface area is 207 Å². The van der Waals surface area contributed by atoms with E-state index in [4.69, 9.17) is 0 Å². The van der Waals surface area contributed by atoms with Gasteiger partial charge in [-0.25, -0.2) is 4.79 Å². The smallest absolute Gasteiger partial charge is 0.417 e. The number of nitrogens with zero attached hydrogens (tertiary/aromatic N) is 2. The van der Waals surface area contributed by atoms with Gasteiger partial charge in [-0.15, -0.1) is 0 Å². The topological polar surface area (TPSA) is 96.3 Å². The van der Waals surface area contributed by atoms with Crippen LogP contribution in [0.25, 0.3) is 11.3 Å². The number of rotatable bonds is 7. The van der Waals surface area contributed by atoms with Gasteiger partial charge in [0, 0.05) is 24.4 Å². The summed E-state index contributed by atoms with van der Waals surface area (Å²) in [5, 5.41) is 18.6. The van der Waals surface area contributed by atoms with E-state index in [1.54, 1.807) is 0 Å². The lowest BCUT2D eigenvalue weighted by atomic mass is 9.80. The number of carbonyl (C=O) groups excluding carboxylic acids is 1. The predicted octanol–water partition coefficient (Wildman–Crippen LogP) is 5.13. The van der Waals surface area contributed by atoms with Gasteiger partial charge in [-0.2, -0.15) is 18.3 Å². The Balaban J connectivity index is 2.00. The highest BCUT2D eigenvalue weighted by Gasteiger charge is 2.37. The highest BCUT2D eigenvalue weighted by Crippen LogP contribution is 2.37. The van der Waals surface area contributed by atoms with Gasteiger partial charge in [0.2, 0.25) is 0 Å². The van der Waals surface area contributed by atoms with Crippen molar-refractivity contribution in [3.05, 3.63) is 77.5 Å². The third-order valence-electron chi connectivity index (χ3n) is 5.91. The molecule has 0 radical (unpaired) electrons. The SMILES string of the molecule is Cn1nccc1-c1ccc(C(=O)NC(Cc2ccccc2)C(NC(=O)O)C(C)(C)C)cc1C(F)(F)F. The van der Waals surface area contributed by atoms with Gasteiger partial charge in [0.25, 0.3) is 5.91 Å². The lowest BCUT2D eigenvalue weighted by Gasteiger charge is -2.37. The first-order valence-corrected chi connectivity index (χ1v) is 11.3. The van der Waals surface area contributed by atoms with E-state index in [2.05, 4.69) is 15.7 Å². The Hall–Kier alpha value is -3.82. The lowest BCUT2D eigenvalue weighted by Crippen LogP contribution is -2.58. The molecule has 0 aliphatic heterocycles. The van der Waals surface area contributed by atoms with Crippen LogP contribution in [-0.2, 0) is 19.6 Å². The first-order chi connectivity index (χ1) is 16.8. The fourth-order valence-corrected chi connectivity index (χ4v) is 4.21. The number of amides is 2. The molecule has 1 aromatic heterocycles. The molecule has 0 aliphatic carbocycles. The van der Waals surface area contributed by atoms with Crippen LogP contribution in [0.3, 0.4) is 0 Å². The van der Waals surface area contributed by atoms with Gasteiger partial charge in [-0.05, 0) is 35.6 Å². The highest BCUT2D eigenvalue weighted by atomic mass is 19.4. The van der Waals surface area contributed by atoms with E-state index in [0.717, 1.165) is 11.6 Å². The molecule has 2 aromatic carbocycles. The molecule has 3 rings (SSSR count). The molecular formula is C26H29F3N4O3. The number of benzene rings is 2. The summed E-state index contributed by atoms with van der Waals surface area (Å²) in [5.41, 5.74) is -0.754. The molecule has 2 unspecified atom stereocenters. The fraction of sp³-hybridized carbons (Fsp3) is 0.346. The first-order valence-electron chi connectivity index (χ1n) is 11.3. The second-order valence-corrected chi connectivity index (χ2v) is 9.66. The molecule has 36 heavy (non-hydrogen) atoms. The Morgan fingerprint density at radius 2 is 1.69 bits per heavy atom. The molecule has 7 nitrogen and oxygen atoms in total. The van der Waals surface area contributed by atoms with Crippen molar-refractivity contribution in [2.24, 2.45) is 12.5 Å². The van der Waals surface area contributed by atoms with Crippen LogP contribution in [0.4, 0.5) is 18.0 Å². The molecule has 2 amide bonds. The van der Waals surface area contributed by atoms with Gasteiger partial charge in [-0.1, -0.05) is 57.2 Å². The second kappa shape index (κ2) is 10.4. The number of aromatic nitrogens is 2. The van der Waals surface area contributed by atoms with E-state index in [1.165, 1.54) is 36.1 Å². The number of carbonyl (C=O) groups is 2. The number of hydrogen-bond acceptors (Lipinski definition) is 3. The molecule has 1 heterocycles. The number of alkyl halides is 3. The zero-order valence-corrected chi connectivity index (χ0v) is 20.4. The summed E-state index contributed by atoms with van der Waals surface area (Å²) < 4.78 is 43.2. The fourth-order valence-electron chi connectivity index (χ4n) is 4.21. The van der Waals surface area contributed by atoms with Crippen molar-refractivity contribution in [1.29, 1.82) is 0 Å².